The molecule has 94 valence electrons. The summed E-state index contributed by atoms with van der Waals surface area (Å²) in [6.07, 6.45) is 0.971. The highest BCUT2D eigenvalue weighted by Crippen LogP contribution is 2.24. The van der Waals surface area contributed by atoms with Crippen molar-refractivity contribution < 1.29 is 9.53 Å². The van der Waals surface area contributed by atoms with Gasteiger partial charge in [-0.05, 0) is 48.3 Å². The monoisotopic (exact) mass is 321 g/mol. The molecule has 5 nitrogen and oxygen atoms in total. The lowest BCUT2D eigenvalue weighted by atomic mass is 10.2. The average molecular weight is 323 g/mol. The van der Waals surface area contributed by atoms with Crippen molar-refractivity contribution in [2.45, 2.75) is 26.4 Å². The number of amides is 1. The fourth-order valence-electron chi connectivity index (χ4n) is 0.989. The number of aromatic nitrogens is 2. The Morgan fingerprint density at radius 1 is 1.53 bits per heavy atom. The standard InChI is InChI=1S/C10H13BrClN3O2/c1-10(2,3)17-9(16)15(4)7-6(11)5-13-8(12)14-7/h5H,1-4H3. The van der Waals surface area contributed by atoms with Gasteiger partial charge in [0.2, 0.25) is 5.28 Å². The van der Waals surface area contributed by atoms with Gasteiger partial charge >= 0.3 is 6.09 Å². The third-order valence-electron chi connectivity index (χ3n) is 1.68. The zero-order valence-electron chi connectivity index (χ0n) is 9.99. The maximum atomic E-state index is 11.8. The molecule has 1 amide bonds. The first-order valence-corrected chi connectivity index (χ1v) is 6.02. The fourth-order valence-corrected chi connectivity index (χ4v) is 1.58. The predicted octanol–water partition coefficient (Wildman–Crippen LogP) is 3.26. The van der Waals surface area contributed by atoms with Gasteiger partial charge in [0.25, 0.3) is 0 Å². The van der Waals surface area contributed by atoms with Gasteiger partial charge in [0, 0.05) is 13.2 Å². The second-order valence-corrected chi connectivity index (χ2v) is 5.54. The lowest BCUT2D eigenvalue weighted by Crippen LogP contribution is -2.34. The van der Waals surface area contributed by atoms with Crippen molar-refractivity contribution in [1.29, 1.82) is 0 Å². The molecule has 7 heteroatoms. The fraction of sp³-hybridized carbons (Fsp3) is 0.500. The Morgan fingerprint density at radius 2 is 2.12 bits per heavy atom. The van der Waals surface area contributed by atoms with E-state index in [0.717, 1.165) is 0 Å². The Kier molecular flexibility index (Phi) is 4.32. The summed E-state index contributed by atoms with van der Waals surface area (Å²) in [4.78, 5) is 20.8. The van der Waals surface area contributed by atoms with E-state index in [1.807, 2.05) is 0 Å². The first-order chi connectivity index (χ1) is 7.70. The van der Waals surface area contributed by atoms with E-state index < -0.39 is 11.7 Å². The normalized spacial score (nSPS) is 11.2. The summed E-state index contributed by atoms with van der Waals surface area (Å²) in [6, 6.07) is 0. The van der Waals surface area contributed by atoms with Crippen molar-refractivity contribution >= 4 is 39.4 Å². The molecule has 0 fully saturated rings. The molecule has 0 aliphatic carbocycles. The molecule has 0 aliphatic heterocycles. The van der Waals surface area contributed by atoms with Crippen molar-refractivity contribution in [3.63, 3.8) is 0 Å². The van der Waals surface area contributed by atoms with E-state index in [4.69, 9.17) is 16.3 Å². The first kappa shape index (κ1) is 14.2. The van der Waals surface area contributed by atoms with Gasteiger partial charge in [-0.2, -0.15) is 4.98 Å². The van der Waals surface area contributed by atoms with Crippen LogP contribution in [0.2, 0.25) is 5.28 Å². The molecular weight excluding hydrogens is 309 g/mol. The van der Waals surface area contributed by atoms with Crippen LogP contribution in [0.5, 0.6) is 0 Å². The molecule has 0 aliphatic rings. The van der Waals surface area contributed by atoms with Crippen molar-refractivity contribution in [3.05, 3.63) is 16.0 Å². The summed E-state index contributed by atoms with van der Waals surface area (Å²) in [5.74, 6) is 0.360. The summed E-state index contributed by atoms with van der Waals surface area (Å²) < 4.78 is 5.78. The van der Waals surface area contributed by atoms with Gasteiger partial charge in [-0.15, -0.1) is 0 Å². The Morgan fingerprint density at radius 3 is 2.65 bits per heavy atom. The van der Waals surface area contributed by atoms with Crippen molar-refractivity contribution in [1.82, 2.24) is 9.97 Å². The van der Waals surface area contributed by atoms with E-state index >= 15 is 0 Å². The zero-order chi connectivity index (χ0) is 13.2. The molecule has 0 aromatic carbocycles. The summed E-state index contributed by atoms with van der Waals surface area (Å²) in [7, 11) is 1.55. The maximum absolute atomic E-state index is 11.8. The highest BCUT2D eigenvalue weighted by molar-refractivity contribution is 9.10. The summed E-state index contributed by atoms with van der Waals surface area (Å²) in [6.45, 7) is 5.38. The molecule has 1 aromatic heterocycles. The summed E-state index contributed by atoms with van der Waals surface area (Å²) in [5, 5.41) is 0.0682. The minimum Gasteiger partial charge on any atom is -0.443 e. The highest BCUT2D eigenvalue weighted by atomic mass is 79.9. The van der Waals surface area contributed by atoms with E-state index in [1.165, 1.54) is 11.1 Å². The highest BCUT2D eigenvalue weighted by Gasteiger charge is 2.23. The largest absolute Gasteiger partial charge is 0.443 e. The Hall–Kier alpha value is -0.880. The van der Waals surface area contributed by atoms with Gasteiger partial charge in [0.05, 0.1) is 4.47 Å². The summed E-state index contributed by atoms with van der Waals surface area (Å²) in [5.41, 5.74) is -0.561. The Bertz CT molecular complexity index is 434. The minimum absolute atomic E-state index is 0.0682. The number of hydrogen-bond donors (Lipinski definition) is 0. The molecule has 0 spiro atoms. The van der Waals surface area contributed by atoms with E-state index in [1.54, 1.807) is 27.8 Å². The lowest BCUT2D eigenvalue weighted by Gasteiger charge is -2.24. The van der Waals surface area contributed by atoms with Crippen LogP contribution in [0.1, 0.15) is 20.8 Å². The second kappa shape index (κ2) is 5.18. The smallest absolute Gasteiger partial charge is 0.415 e. The number of carbonyl (C=O) groups is 1. The third-order valence-corrected chi connectivity index (χ3v) is 2.42. The van der Waals surface area contributed by atoms with Crippen LogP contribution in [0.4, 0.5) is 10.6 Å². The van der Waals surface area contributed by atoms with Crippen LogP contribution in [0.15, 0.2) is 10.7 Å². The topological polar surface area (TPSA) is 55.3 Å². The lowest BCUT2D eigenvalue weighted by molar-refractivity contribution is 0.0588. The van der Waals surface area contributed by atoms with Crippen molar-refractivity contribution in [2.24, 2.45) is 0 Å². The van der Waals surface area contributed by atoms with Gasteiger partial charge < -0.3 is 4.74 Å². The first-order valence-electron chi connectivity index (χ1n) is 4.85. The molecule has 0 unspecified atom stereocenters. The Balaban J connectivity index is 2.92. The van der Waals surface area contributed by atoms with Crippen molar-refractivity contribution in [3.8, 4) is 0 Å². The summed E-state index contributed by atoms with van der Waals surface area (Å²) >= 11 is 8.92. The number of ether oxygens (including phenoxy) is 1. The quantitative estimate of drug-likeness (QED) is 0.745. The van der Waals surface area contributed by atoms with E-state index in [0.29, 0.717) is 10.3 Å². The van der Waals surface area contributed by atoms with Gasteiger partial charge in [0.15, 0.2) is 5.82 Å². The van der Waals surface area contributed by atoms with Crippen LogP contribution in [0.25, 0.3) is 0 Å². The predicted molar refractivity (Wildman–Crippen MR) is 69.4 cm³/mol. The molecule has 0 saturated heterocycles. The van der Waals surface area contributed by atoms with Crippen LogP contribution in [0, 0.1) is 0 Å². The molecule has 0 bridgehead atoms. The molecule has 1 heterocycles. The van der Waals surface area contributed by atoms with Crippen molar-refractivity contribution in [2.75, 3.05) is 11.9 Å². The molecule has 1 rings (SSSR count). The average Bonchev–Trinajstić information content (AvgIpc) is 2.18. The van der Waals surface area contributed by atoms with Gasteiger partial charge in [-0.1, -0.05) is 0 Å². The van der Waals surface area contributed by atoms with Crippen LogP contribution in [-0.4, -0.2) is 28.7 Å². The second-order valence-electron chi connectivity index (χ2n) is 4.35. The van der Waals surface area contributed by atoms with Crippen LogP contribution in [0.3, 0.4) is 0 Å². The maximum Gasteiger partial charge on any atom is 0.415 e. The minimum atomic E-state index is -0.561. The molecule has 1 aromatic rings. The molecule has 17 heavy (non-hydrogen) atoms. The molecule has 0 atom stereocenters. The van der Waals surface area contributed by atoms with E-state index in [9.17, 15) is 4.79 Å². The Labute approximate surface area is 113 Å². The van der Waals surface area contributed by atoms with Gasteiger partial charge in [0.1, 0.15) is 5.60 Å². The third kappa shape index (κ3) is 4.12. The molecule has 0 saturated carbocycles. The van der Waals surface area contributed by atoms with Gasteiger partial charge in [-0.25, -0.2) is 9.78 Å². The van der Waals surface area contributed by atoms with E-state index in [2.05, 4.69) is 25.9 Å². The van der Waals surface area contributed by atoms with Crippen LogP contribution in [-0.2, 0) is 4.74 Å². The van der Waals surface area contributed by atoms with Crippen LogP contribution < -0.4 is 4.90 Å². The SMILES string of the molecule is CN(C(=O)OC(C)(C)C)c1nc(Cl)ncc1Br. The van der Waals surface area contributed by atoms with Crippen LogP contribution >= 0.6 is 27.5 Å². The zero-order valence-corrected chi connectivity index (χ0v) is 12.3. The van der Waals surface area contributed by atoms with E-state index in [-0.39, 0.29) is 5.28 Å². The van der Waals surface area contributed by atoms with Gasteiger partial charge in [-0.3, -0.25) is 4.90 Å². The molecule has 0 N–H and O–H groups in total. The number of rotatable bonds is 1. The molecular formula is C10H13BrClN3O2. The number of nitrogens with zero attached hydrogens (tertiary/aromatic N) is 3. The number of halogens is 2. The number of carbonyl (C=O) groups excluding carboxylic acids is 1. The number of anilines is 1. The number of hydrogen-bond acceptors (Lipinski definition) is 4. The molecule has 0 radical (unpaired) electrons.